The maximum absolute atomic E-state index is 13.2. The van der Waals surface area contributed by atoms with Gasteiger partial charge in [-0.3, -0.25) is 14.9 Å². The molecular formula is C20H20N10O3. The lowest BCUT2D eigenvalue weighted by molar-refractivity contribution is -0.384. The number of amides is 1. The Morgan fingerprint density at radius 2 is 1.91 bits per heavy atom. The van der Waals surface area contributed by atoms with Gasteiger partial charge in [-0.25, -0.2) is 9.67 Å². The lowest BCUT2D eigenvalue weighted by Crippen LogP contribution is -2.49. The molecule has 0 aliphatic carbocycles. The first-order valence-corrected chi connectivity index (χ1v) is 10.3. The summed E-state index contributed by atoms with van der Waals surface area (Å²) in [5, 5.41) is 23.5. The van der Waals surface area contributed by atoms with E-state index < -0.39 is 4.92 Å². The molecule has 1 fully saturated rings. The Kier molecular flexibility index (Phi) is 4.92. The van der Waals surface area contributed by atoms with Crippen molar-refractivity contribution in [3.05, 3.63) is 63.9 Å². The van der Waals surface area contributed by atoms with E-state index in [2.05, 4.69) is 30.3 Å². The molecule has 168 valence electrons. The van der Waals surface area contributed by atoms with Crippen molar-refractivity contribution >= 4 is 23.2 Å². The molecule has 1 saturated heterocycles. The number of rotatable bonds is 4. The van der Waals surface area contributed by atoms with Crippen LogP contribution in [0.4, 0.5) is 11.5 Å². The van der Waals surface area contributed by atoms with Gasteiger partial charge in [0, 0.05) is 50.1 Å². The molecule has 1 aliphatic heterocycles. The fourth-order valence-electron chi connectivity index (χ4n) is 3.94. The molecule has 0 radical (unpaired) electrons. The number of benzene rings is 1. The first kappa shape index (κ1) is 20.5. The zero-order valence-corrected chi connectivity index (χ0v) is 18.0. The molecule has 3 aromatic heterocycles. The molecule has 33 heavy (non-hydrogen) atoms. The molecule has 0 N–H and O–H groups in total. The van der Waals surface area contributed by atoms with Crippen LogP contribution in [0.5, 0.6) is 0 Å². The number of nitro benzene ring substituents is 1. The van der Waals surface area contributed by atoms with Crippen LogP contribution in [0.25, 0.3) is 11.5 Å². The number of carbonyl (C=O) groups excluding carboxylic acids is 1. The first-order valence-electron chi connectivity index (χ1n) is 10.3. The molecule has 4 heterocycles. The standard InChI is InChI=1S/C20H20N10O3/c1-13-10-17(29-20(23-13)21-12-22-29)26-6-8-27(9-7-26)19(31)18-14(2)28(25-24-18)15-4-3-5-16(11-15)30(32)33/h3-5,10-12H,6-9H2,1-2H3. The fraction of sp³-hybridized carbons (Fsp3) is 0.300. The minimum atomic E-state index is -0.474. The molecule has 0 saturated carbocycles. The van der Waals surface area contributed by atoms with Gasteiger partial charge in [-0.05, 0) is 19.9 Å². The minimum absolute atomic E-state index is 0.0563. The van der Waals surface area contributed by atoms with Crippen LogP contribution >= 0.6 is 0 Å². The number of hydrogen-bond acceptors (Lipinski definition) is 9. The number of nitro groups is 1. The second kappa shape index (κ2) is 7.93. The number of piperazine rings is 1. The van der Waals surface area contributed by atoms with Gasteiger partial charge < -0.3 is 9.80 Å². The van der Waals surface area contributed by atoms with Crippen molar-refractivity contribution in [2.45, 2.75) is 13.8 Å². The number of fused-ring (bicyclic) bond motifs is 1. The molecule has 13 nitrogen and oxygen atoms in total. The van der Waals surface area contributed by atoms with E-state index in [-0.39, 0.29) is 17.3 Å². The maximum Gasteiger partial charge on any atom is 0.276 e. The highest BCUT2D eigenvalue weighted by atomic mass is 16.6. The normalized spacial score (nSPS) is 14.1. The third-order valence-corrected chi connectivity index (χ3v) is 5.63. The monoisotopic (exact) mass is 448 g/mol. The van der Waals surface area contributed by atoms with Crippen molar-refractivity contribution in [3.8, 4) is 5.69 Å². The van der Waals surface area contributed by atoms with Gasteiger partial charge in [0.1, 0.15) is 12.1 Å². The van der Waals surface area contributed by atoms with E-state index in [1.54, 1.807) is 28.5 Å². The summed E-state index contributed by atoms with van der Waals surface area (Å²) < 4.78 is 3.14. The van der Waals surface area contributed by atoms with Crippen LogP contribution in [0, 0.1) is 24.0 Å². The van der Waals surface area contributed by atoms with E-state index in [1.807, 2.05) is 13.0 Å². The lowest BCUT2D eigenvalue weighted by atomic mass is 10.2. The maximum atomic E-state index is 13.2. The third-order valence-electron chi connectivity index (χ3n) is 5.63. The molecule has 0 unspecified atom stereocenters. The van der Waals surface area contributed by atoms with E-state index >= 15 is 0 Å². The summed E-state index contributed by atoms with van der Waals surface area (Å²) in [5.41, 5.74) is 2.02. The molecule has 1 amide bonds. The molecule has 1 aliphatic rings. The van der Waals surface area contributed by atoms with Crippen molar-refractivity contribution in [1.29, 1.82) is 0 Å². The van der Waals surface area contributed by atoms with Gasteiger partial charge in [-0.2, -0.15) is 14.6 Å². The number of carbonyl (C=O) groups is 1. The topological polar surface area (TPSA) is 140 Å². The Hall–Kier alpha value is -4.42. The Balaban J connectivity index is 1.33. The lowest BCUT2D eigenvalue weighted by Gasteiger charge is -2.35. The second-order valence-electron chi connectivity index (χ2n) is 7.72. The van der Waals surface area contributed by atoms with E-state index in [9.17, 15) is 14.9 Å². The van der Waals surface area contributed by atoms with E-state index in [0.29, 0.717) is 43.3 Å². The van der Waals surface area contributed by atoms with Gasteiger partial charge in [0.25, 0.3) is 17.4 Å². The van der Waals surface area contributed by atoms with Gasteiger partial charge in [0.15, 0.2) is 5.69 Å². The molecule has 5 rings (SSSR count). The number of non-ortho nitro benzene ring substituents is 1. The molecular weight excluding hydrogens is 428 g/mol. The Labute approximate surface area is 187 Å². The smallest absolute Gasteiger partial charge is 0.276 e. The van der Waals surface area contributed by atoms with Crippen molar-refractivity contribution in [3.63, 3.8) is 0 Å². The average molecular weight is 448 g/mol. The average Bonchev–Trinajstić information content (AvgIpc) is 3.44. The predicted molar refractivity (Wildman–Crippen MR) is 116 cm³/mol. The van der Waals surface area contributed by atoms with Crippen LogP contribution in [0.15, 0.2) is 36.7 Å². The Bertz CT molecular complexity index is 1370. The largest absolute Gasteiger partial charge is 0.353 e. The highest BCUT2D eigenvalue weighted by Crippen LogP contribution is 2.21. The van der Waals surface area contributed by atoms with E-state index in [1.165, 1.54) is 23.1 Å². The zero-order chi connectivity index (χ0) is 23.1. The van der Waals surface area contributed by atoms with Crippen LogP contribution < -0.4 is 4.90 Å². The molecule has 1 aromatic carbocycles. The number of anilines is 1. The molecule has 0 atom stereocenters. The second-order valence-corrected chi connectivity index (χ2v) is 7.72. The number of nitrogens with zero attached hydrogens (tertiary/aromatic N) is 10. The van der Waals surface area contributed by atoms with Crippen molar-refractivity contribution in [2.75, 3.05) is 31.1 Å². The first-order chi connectivity index (χ1) is 15.9. The molecule has 13 heteroatoms. The van der Waals surface area contributed by atoms with E-state index in [4.69, 9.17) is 0 Å². The minimum Gasteiger partial charge on any atom is -0.353 e. The summed E-state index contributed by atoms with van der Waals surface area (Å²) in [7, 11) is 0. The summed E-state index contributed by atoms with van der Waals surface area (Å²) in [6.45, 7) is 5.86. The van der Waals surface area contributed by atoms with Crippen molar-refractivity contribution in [1.82, 2.24) is 39.5 Å². The third kappa shape index (κ3) is 3.62. The van der Waals surface area contributed by atoms with Crippen LogP contribution in [-0.4, -0.2) is 76.5 Å². The van der Waals surface area contributed by atoms with Crippen LogP contribution in [0.2, 0.25) is 0 Å². The summed E-state index contributed by atoms with van der Waals surface area (Å²) >= 11 is 0. The SMILES string of the molecule is Cc1cc(N2CCN(C(=O)c3nnn(-c4cccc([N+](=O)[O-])c4)c3C)CC2)n2ncnc2n1. The van der Waals surface area contributed by atoms with Gasteiger partial charge in [0.2, 0.25) is 0 Å². The van der Waals surface area contributed by atoms with E-state index in [0.717, 1.165) is 11.5 Å². The molecule has 4 aromatic rings. The zero-order valence-electron chi connectivity index (χ0n) is 18.0. The highest BCUT2D eigenvalue weighted by Gasteiger charge is 2.28. The highest BCUT2D eigenvalue weighted by molar-refractivity contribution is 5.93. The van der Waals surface area contributed by atoms with Crippen LogP contribution in [0.1, 0.15) is 21.9 Å². The van der Waals surface area contributed by atoms with Gasteiger partial charge in [-0.1, -0.05) is 11.3 Å². The number of aromatic nitrogens is 7. The van der Waals surface area contributed by atoms with Crippen LogP contribution in [-0.2, 0) is 0 Å². The molecule has 0 spiro atoms. The predicted octanol–water partition coefficient (Wildman–Crippen LogP) is 1.19. The Morgan fingerprint density at radius 1 is 1.12 bits per heavy atom. The van der Waals surface area contributed by atoms with Gasteiger partial charge in [-0.15, -0.1) is 5.10 Å². The summed E-state index contributed by atoms with van der Waals surface area (Å²) in [6.07, 6.45) is 1.47. The van der Waals surface area contributed by atoms with Crippen molar-refractivity contribution < 1.29 is 9.72 Å². The Morgan fingerprint density at radius 3 is 2.67 bits per heavy atom. The van der Waals surface area contributed by atoms with Crippen molar-refractivity contribution in [2.24, 2.45) is 0 Å². The fourth-order valence-corrected chi connectivity index (χ4v) is 3.94. The van der Waals surface area contributed by atoms with Crippen LogP contribution in [0.3, 0.4) is 0 Å². The summed E-state index contributed by atoms with van der Waals surface area (Å²) in [5.74, 6) is 1.20. The van der Waals surface area contributed by atoms with Gasteiger partial charge >= 0.3 is 0 Å². The summed E-state index contributed by atoms with van der Waals surface area (Å²) in [4.78, 5) is 36.2. The quantitative estimate of drug-likeness (QED) is 0.332. The van der Waals surface area contributed by atoms with Gasteiger partial charge in [0.05, 0.1) is 16.3 Å². The number of hydrogen-bond donors (Lipinski definition) is 0. The summed E-state index contributed by atoms with van der Waals surface area (Å²) in [6, 6.07) is 8.01. The number of aryl methyl sites for hydroxylation is 1. The molecule has 0 bridgehead atoms.